The fourth-order valence-electron chi connectivity index (χ4n) is 4.39. The van der Waals surface area contributed by atoms with E-state index in [1.165, 1.54) is 11.0 Å². The summed E-state index contributed by atoms with van der Waals surface area (Å²) in [4.78, 5) is 38.2. The normalized spacial score (nSPS) is 12.4. The van der Waals surface area contributed by atoms with Crippen LogP contribution in [-0.2, 0) is 9.53 Å². The molecule has 1 aliphatic carbocycles. The molecule has 0 aromatic heterocycles. The van der Waals surface area contributed by atoms with Crippen LogP contribution >= 0.6 is 0 Å². The van der Waals surface area contributed by atoms with Crippen LogP contribution in [0.4, 0.5) is 10.5 Å². The number of ether oxygens (including phenoxy) is 1. The number of fused-ring (bicyclic) bond motifs is 3. The topological polar surface area (TPSA) is 95.9 Å². The van der Waals surface area contributed by atoms with Crippen molar-refractivity contribution in [2.45, 2.75) is 32.2 Å². The summed E-state index contributed by atoms with van der Waals surface area (Å²) in [5.74, 6) is -1.59. The minimum absolute atomic E-state index is 0.0579. The second-order valence-corrected chi connectivity index (χ2v) is 9.49. The first-order valence-corrected chi connectivity index (χ1v) is 11.4. The fraction of sp³-hybridized carbons (Fsp3) is 0.250. The van der Waals surface area contributed by atoms with E-state index in [4.69, 9.17) is 4.74 Å². The zero-order valence-corrected chi connectivity index (χ0v) is 19.9. The standard InChI is InChI=1S/C28H28N2O5/c1-28(2,3)30(16-25(31)32)26(33)18-9-8-10-19(15-18)29-27(34)35-17-24-22-13-6-4-11-20(22)21-12-5-7-14-23(21)24/h4-15,24H,16-17H2,1-3H3,(H,29,34)(H,31,32). The Kier molecular flexibility index (Phi) is 6.60. The van der Waals surface area contributed by atoms with E-state index >= 15 is 0 Å². The molecule has 0 spiro atoms. The van der Waals surface area contributed by atoms with E-state index in [1.54, 1.807) is 39.0 Å². The van der Waals surface area contributed by atoms with Crippen molar-refractivity contribution < 1.29 is 24.2 Å². The summed E-state index contributed by atoms with van der Waals surface area (Å²) >= 11 is 0. The Labute approximate surface area is 204 Å². The summed E-state index contributed by atoms with van der Waals surface area (Å²) < 4.78 is 5.58. The summed E-state index contributed by atoms with van der Waals surface area (Å²) in [7, 11) is 0. The predicted octanol–water partition coefficient (Wildman–Crippen LogP) is 5.37. The molecule has 2 amide bonds. The second-order valence-electron chi connectivity index (χ2n) is 9.49. The summed E-state index contributed by atoms with van der Waals surface area (Å²) in [6.07, 6.45) is -0.630. The number of anilines is 1. The average Bonchev–Trinajstić information content (AvgIpc) is 3.14. The number of nitrogens with zero attached hydrogens (tertiary/aromatic N) is 1. The molecule has 0 atom stereocenters. The third-order valence-corrected chi connectivity index (χ3v) is 6.05. The lowest BCUT2D eigenvalue weighted by Crippen LogP contribution is -2.48. The van der Waals surface area contributed by atoms with E-state index in [2.05, 4.69) is 29.6 Å². The largest absolute Gasteiger partial charge is 0.480 e. The number of hydrogen-bond donors (Lipinski definition) is 2. The van der Waals surface area contributed by atoms with Crippen molar-refractivity contribution in [2.75, 3.05) is 18.5 Å². The molecular weight excluding hydrogens is 444 g/mol. The first kappa shape index (κ1) is 24.0. The van der Waals surface area contributed by atoms with Gasteiger partial charge < -0.3 is 14.7 Å². The van der Waals surface area contributed by atoms with Gasteiger partial charge >= 0.3 is 12.1 Å². The molecule has 35 heavy (non-hydrogen) atoms. The molecule has 0 bridgehead atoms. The van der Waals surface area contributed by atoms with E-state index < -0.39 is 30.1 Å². The summed E-state index contributed by atoms with van der Waals surface area (Å²) in [6.45, 7) is 5.06. The Hall–Kier alpha value is -4.13. The lowest BCUT2D eigenvalue weighted by molar-refractivity contribution is -0.138. The zero-order valence-electron chi connectivity index (χ0n) is 19.9. The molecule has 7 heteroatoms. The summed E-state index contributed by atoms with van der Waals surface area (Å²) in [5.41, 5.74) is 4.51. The van der Waals surface area contributed by atoms with Crippen molar-refractivity contribution in [1.29, 1.82) is 0 Å². The molecule has 4 rings (SSSR count). The first-order valence-electron chi connectivity index (χ1n) is 11.4. The number of carboxylic acids is 1. The van der Waals surface area contributed by atoms with Crippen LogP contribution in [0.5, 0.6) is 0 Å². The third kappa shape index (κ3) is 5.19. The van der Waals surface area contributed by atoms with Crippen LogP contribution in [0.2, 0.25) is 0 Å². The molecule has 3 aromatic carbocycles. The van der Waals surface area contributed by atoms with E-state index in [9.17, 15) is 19.5 Å². The summed E-state index contributed by atoms with van der Waals surface area (Å²) in [6, 6.07) is 22.6. The van der Waals surface area contributed by atoms with E-state index in [0.29, 0.717) is 5.69 Å². The Morgan fingerprint density at radius 2 is 1.51 bits per heavy atom. The van der Waals surface area contributed by atoms with E-state index in [0.717, 1.165) is 22.3 Å². The van der Waals surface area contributed by atoms with Crippen LogP contribution in [0, 0.1) is 0 Å². The highest BCUT2D eigenvalue weighted by molar-refractivity contribution is 5.98. The maximum Gasteiger partial charge on any atom is 0.411 e. The third-order valence-electron chi connectivity index (χ3n) is 6.05. The molecule has 0 fully saturated rings. The van der Waals surface area contributed by atoms with E-state index in [1.807, 2.05) is 24.3 Å². The second kappa shape index (κ2) is 9.62. The molecule has 0 aliphatic heterocycles. The minimum Gasteiger partial charge on any atom is -0.480 e. The summed E-state index contributed by atoms with van der Waals surface area (Å²) in [5, 5.41) is 11.9. The minimum atomic E-state index is -1.10. The van der Waals surface area contributed by atoms with Gasteiger partial charge in [-0.15, -0.1) is 0 Å². The van der Waals surface area contributed by atoms with Crippen molar-refractivity contribution in [3.8, 4) is 11.1 Å². The molecule has 0 unspecified atom stereocenters. The van der Waals surface area contributed by atoms with Gasteiger partial charge in [-0.3, -0.25) is 14.9 Å². The van der Waals surface area contributed by atoms with Gasteiger partial charge in [-0.2, -0.15) is 0 Å². The van der Waals surface area contributed by atoms with Gasteiger partial charge in [-0.1, -0.05) is 54.6 Å². The Bertz CT molecular complexity index is 1230. The molecule has 0 heterocycles. The fourth-order valence-corrected chi connectivity index (χ4v) is 4.39. The average molecular weight is 473 g/mol. The van der Waals surface area contributed by atoms with Gasteiger partial charge in [0.2, 0.25) is 0 Å². The van der Waals surface area contributed by atoms with Crippen molar-refractivity contribution in [3.05, 3.63) is 89.5 Å². The van der Waals surface area contributed by atoms with E-state index in [-0.39, 0.29) is 18.1 Å². The van der Waals surface area contributed by atoms with Crippen LogP contribution in [-0.4, -0.2) is 46.7 Å². The number of nitrogens with one attached hydrogen (secondary N) is 1. The molecular formula is C28H28N2O5. The maximum atomic E-state index is 13.0. The smallest absolute Gasteiger partial charge is 0.411 e. The zero-order chi connectivity index (χ0) is 25.2. The van der Waals surface area contributed by atoms with Crippen LogP contribution in [0.15, 0.2) is 72.8 Å². The molecule has 1 aliphatic rings. The molecule has 2 N–H and O–H groups in total. The van der Waals surface area contributed by atoms with Crippen LogP contribution < -0.4 is 5.32 Å². The lowest BCUT2D eigenvalue weighted by atomic mass is 9.98. The van der Waals surface area contributed by atoms with Crippen molar-refractivity contribution in [2.24, 2.45) is 0 Å². The van der Waals surface area contributed by atoms with Gasteiger partial charge in [0.25, 0.3) is 5.91 Å². The number of benzene rings is 3. The van der Waals surface area contributed by atoms with Crippen LogP contribution in [0.25, 0.3) is 11.1 Å². The Morgan fingerprint density at radius 1 is 0.914 bits per heavy atom. The lowest BCUT2D eigenvalue weighted by Gasteiger charge is -2.34. The molecule has 0 saturated carbocycles. The molecule has 0 radical (unpaired) electrons. The first-order chi connectivity index (χ1) is 16.6. The molecule has 180 valence electrons. The highest BCUT2D eigenvalue weighted by Crippen LogP contribution is 2.44. The number of carbonyl (C=O) groups is 3. The Morgan fingerprint density at radius 3 is 2.09 bits per heavy atom. The van der Waals surface area contributed by atoms with Gasteiger partial charge in [0.1, 0.15) is 13.2 Å². The van der Waals surface area contributed by atoms with Crippen molar-refractivity contribution in [1.82, 2.24) is 4.90 Å². The van der Waals surface area contributed by atoms with Crippen molar-refractivity contribution in [3.63, 3.8) is 0 Å². The molecule has 0 saturated heterocycles. The number of carbonyl (C=O) groups excluding carboxylic acids is 2. The van der Waals surface area contributed by atoms with Crippen molar-refractivity contribution >= 4 is 23.7 Å². The van der Waals surface area contributed by atoms with Crippen LogP contribution in [0.3, 0.4) is 0 Å². The molecule has 7 nitrogen and oxygen atoms in total. The van der Waals surface area contributed by atoms with Gasteiger partial charge in [0, 0.05) is 22.7 Å². The Balaban J connectivity index is 1.45. The van der Waals surface area contributed by atoms with Gasteiger partial charge in [0.15, 0.2) is 0 Å². The molecule has 3 aromatic rings. The predicted molar refractivity (Wildman–Crippen MR) is 134 cm³/mol. The van der Waals surface area contributed by atoms with Gasteiger partial charge in [-0.05, 0) is 61.2 Å². The van der Waals surface area contributed by atoms with Gasteiger partial charge in [-0.25, -0.2) is 4.79 Å². The number of aliphatic carboxylic acids is 1. The highest BCUT2D eigenvalue weighted by atomic mass is 16.5. The highest BCUT2D eigenvalue weighted by Gasteiger charge is 2.30. The number of amides is 2. The monoisotopic (exact) mass is 472 g/mol. The quantitative estimate of drug-likeness (QED) is 0.503. The number of carboxylic acid groups (broad SMARTS) is 1. The van der Waals surface area contributed by atoms with Crippen LogP contribution in [0.1, 0.15) is 48.2 Å². The number of rotatable bonds is 6. The van der Waals surface area contributed by atoms with Gasteiger partial charge in [0.05, 0.1) is 0 Å². The maximum absolute atomic E-state index is 13.0. The SMILES string of the molecule is CC(C)(C)N(CC(=O)O)C(=O)c1cccc(NC(=O)OCC2c3ccccc3-c3ccccc32)c1. The number of hydrogen-bond acceptors (Lipinski definition) is 4.